The van der Waals surface area contributed by atoms with Crippen LogP contribution >= 0.6 is 0 Å². The van der Waals surface area contributed by atoms with E-state index in [1.54, 1.807) is 7.11 Å². The molecule has 0 spiro atoms. The van der Waals surface area contributed by atoms with Gasteiger partial charge in [-0.15, -0.1) is 0 Å². The summed E-state index contributed by atoms with van der Waals surface area (Å²) < 4.78 is 4.83. The Morgan fingerprint density at radius 1 is 1.56 bits per heavy atom. The predicted octanol–water partition coefficient (Wildman–Crippen LogP) is 0.127. The van der Waals surface area contributed by atoms with Crippen molar-refractivity contribution < 1.29 is 9.53 Å². The molecule has 5 nitrogen and oxygen atoms in total. The van der Waals surface area contributed by atoms with E-state index in [1.807, 2.05) is 7.05 Å². The van der Waals surface area contributed by atoms with Crippen LogP contribution in [-0.2, 0) is 9.53 Å². The number of nitriles is 1. The molecule has 0 aliphatic carbocycles. The smallest absolute Gasteiger partial charge is 0.223 e. The largest absolute Gasteiger partial charge is 0.384 e. The van der Waals surface area contributed by atoms with Gasteiger partial charge in [0.25, 0.3) is 0 Å². The minimum atomic E-state index is -0.669. The van der Waals surface area contributed by atoms with Gasteiger partial charge in [-0.1, -0.05) is 0 Å². The molecule has 0 atom stereocenters. The van der Waals surface area contributed by atoms with Gasteiger partial charge in [0.1, 0.15) is 5.54 Å². The molecule has 16 heavy (non-hydrogen) atoms. The summed E-state index contributed by atoms with van der Waals surface area (Å²) in [6, 6.07) is 2.25. The Morgan fingerprint density at radius 3 is 2.69 bits per heavy atom. The third-order valence-corrected chi connectivity index (χ3v) is 2.97. The fourth-order valence-corrected chi connectivity index (χ4v) is 1.79. The second-order valence-electron chi connectivity index (χ2n) is 4.29. The van der Waals surface area contributed by atoms with Gasteiger partial charge in [-0.2, -0.15) is 5.26 Å². The average molecular weight is 225 g/mol. The van der Waals surface area contributed by atoms with Crippen molar-refractivity contribution in [3.8, 4) is 6.07 Å². The van der Waals surface area contributed by atoms with E-state index in [9.17, 15) is 10.1 Å². The summed E-state index contributed by atoms with van der Waals surface area (Å²) in [5.74, 6) is -0.104. The lowest BCUT2D eigenvalue weighted by Gasteiger charge is -2.35. The molecular formula is C11H19N3O2. The molecule has 1 rings (SSSR count). The quantitative estimate of drug-likeness (QED) is 0.738. The molecule has 0 radical (unpaired) electrons. The highest BCUT2D eigenvalue weighted by Gasteiger charge is 2.34. The lowest BCUT2D eigenvalue weighted by Crippen LogP contribution is -2.53. The number of carbonyl (C=O) groups is 1. The number of hydrogen-bond donors (Lipinski definition) is 1. The van der Waals surface area contributed by atoms with Crippen LogP contribution in [0.1, 0.15) is 19.3 Å². The minimum absolute atomic E-state index is 0.104. The Morgan fingerprint density at radius 2 is 2.19 bits per heavy atom. The molecule has 0 saturated carbocycles. The van der Waals surface area contributed by atoms with Gasteiger partial charge in [-0.05, 0) is 19.9 Å². The summed E-state index contributed by atoms with van der Waals surface area (Å²) in [7, 11) is 3.58. The third kappa shape index (κ3) is 3.47. The van der Waals surface area contributed by atoms with Crippen molar-refractivity contribution in [2.24, 2.45) is 0 Å². The molecule has 1 aliphatic heterocycles. The number of nitrogens with one attached hydrogen (secondary N) is 1. The Bertz CT molecular complexity index is 277. The number of likely N-dealkylation sites (tertiary alicyclic amines) is 1. The second kappa shape index (κ2) is 5.83. The Hall–Kier alpha value is -1.12. The molecule has 1 amide bonds. The molecule has 0 aromatic carbocycles. The van der Waals surface area contributed by atoms with E-state index in [0.29, 0.717) is 25.9 Å². The molecule has 0 aromatic heterocycles. The first-order chi connectivity index (χ1) is 7.62. The lowest BCUT2D eigenvalue weighted by atomic mass is 9.89. The summed E-state index contributed by atoms with van der Waals surface area (Å²) in [6.45, 7) is 2.09. The zero-order valence-electron chi connectivity index (χ0n) is 9.95. The van der Waals surface area contributed by atoms with Crippen LogP contribution in [-0.4, -0.2) is 50.2 Å². The van der Waals surface area contributed by atoms with Crippen LogP contribution in [0.2, 0.25) is 0 Å². The van der Waals surface area contributed by atoms with Crippen LogP contribution in [0.15, 0.2) is 0 Å². The van der Waals surface area contributed by atoms with Crippen molar-refractivity contribution in [2.45, 2.75) is 24.8 Å². The minimum Gasteiger partial charge on any atom is -0.384 e. The third-order valence-electron chi connectivity index (χ3n) is 2.97. The summed E-state index contributed by atoms with van der Waals surface area (Å²) >= 11 is 0. The number of amides is 1. The molecule has 0 aromatic rings. The van der Waals surface area contributed by atoms with Gasteiger partial charge in [0.2, 0.25) is 5.91 Å². The Labute approximate surface area is 96.4 Å². The number of rotatable bonds is 4. The maximum Gasteiger partial charge on any atom is 0.223 e. The SMILES string of the molecule is COCCC(=O)NC1(C#N)CCN(C)CC1. The van der Waals surface area contributed by atoms with Crippen LogP contribution in [0, 0.1) is 11.3 Å². The van der Waals surface area contributed by atoms with E-state index >= 15 is 0 Å². The van der Waals surface area contributed by atoms with Gasteiger partial charge in [0.15, 0.2) is 0 Å². The monoisotopic (exact) mass is 225 g/mol. The van der Waals surface area contributed by atoms with Gasteiger partial charge >= 0.3 is 0 Å². The summed E-state index contributed by atoms with van der Waals surface area (Å²) in [6.07, 6.45) is 1.70. The zero-order valence-corrected chi connectivity index (χ0v) is 9.95. The molecule has 90 valence electrons. The second-order valence-corrected chi connectivity index (χ2v) is 4.29. The number of carbonyl (C=O) groups excluding carboxylic acids is 1. The number of methoxy groups -OCH3 is 1. The van der Waals surface area contributed by atoms with Crippen molar-refractivity contribution in [2.75, 3.05) is 33.9 Å². The number of nitrogens with zero attached hydrogens (tertiary/aromatic N) is 2. The average Bonchev–Trinajstić information content (AvgIpc) is 2.30. The van der Waals surface area contributed by atoms with Gasteiger partial charge in [0.05, 0.1) is 12.7 Å². The van der Waals surface area contributed by atoms with Crippen LogP contribution in [0.4, 0.5) is 0 Å². The van der Waals surface area contributed by atoms with E-state index < -0.39 is 5.54 Å². The molecule has 1 N–H and O–H groups in total. The highest BCUT2D eigenvalue weighted by Crippen LogP contribution is 2.20. The van der Waals surface area contributed by atoms with Crippen molar-refractivity contribution in [3.05, 3.63) is 0 Å². The Kier molecular flexibility index (Phi) is 4.71. The van der Waals surface area contributed by atoms with Crippen molar-refractivity contribution >= 4 is 5.91 Å². The van der Waals surface area contributed by atoms with Crippen LogP contribution in [0.5, 0.6) is 0 Å². The van der Waals surface area contributed by atoms with Crippen LogP contribution in [0.3, 0.4) is 0 Å². The predicted molar refractivity (Wildman–Crippen MR) is 59.7 cm³/mol. The molecule has 1 heterocycles. The first-order valence-electron chi connectivity index (χ1n) is 5.51. The molecule has 5 heteroatoms. The highest BCUT2D eigenvalue weighted by molar-refractivity contribution is 5.77. The van der Waals surface area contributed by atoms with Crippen LogP contribution in [0.25, 0.3) is 0 Å². The van der Waals surface area contributed by atoms with Crippen molar-refractivity contribution in [1.82, 2.24) is 10.2 Å². The summed E-state index contributed by atoms with van der Waals surface area (Å²) in [5.41, 5.74) is -0.669. The van der Waals surface area contributed by atoms with Crippen molar-refractivity contribution in [1.29, 1.82) is 5.26 Å². The molecular weight excluding hydrogens is 206 g/mol. The van der Waals surface area contributed by atoms with Crippen molar-refractivity contribution in [3.63, 3.8) is 0 Å². The van der Waals surface area contributed by atoms with Gasteiger partial charge in [0, 0.05) is 26.6 Å². The van der Waals surface area contributed by atoms with E-state index in [2.05, 4.69) is 16.3 Å². The maximum absolute atomic E-state index is 11.6. The Balaban J connectivity index is 2.48. The molecule has 1 aliphatic rings. The van der Waals surface area contributed by atoms with E-state index in [1.165, 1.54) is 0 Å². The van der Waals surface area contributed by atoms with E-state index in [-0.39, 0.29) is 5.91 Å². The zero-order chi connectivity index (χ0) is 12.0. The number of ether oxygens (including phenoxy) is 1. The topological polar surface area (TPSA) is 65.4 Å². The fourth-order valence-electron chi connectivity index (χ4n) is 1.79. The molecule has 1 saturated heterocycles. The fraction of sp³-hybridized carbons (Fsp3) is 0.818. The lowest BCUT2D eigenvalue weighted by molar-refractivity contribution is -0.123. The van der Waals surface area contributed by atoms with E-state index in [4.69, 9.17) is 4.74 Å². The molecule has 0 bridgehead atoms. The standard InChI is InChI=1S/C11H19N3O2/c1-14-6-4-11(9-12,5-7-14)13-10(15)3-8-16-2/h3-8H2,1-2H3,(H,13,15). The normalized spacial score (nSPS) is 20.1. The molecule has 1 fully saturated rings. The molecule has 0 unspecified atom stereocenters. The maximum atomic E-state index is 11.6. The first-order valence-corrected chi connectivity index (χ1v) is 5.51. The van der Waals surface area contributed by atoms with E-state index in [0.717, 1.165) is 13.1 Å². The van der Waals surface area contributed by atoms with Gasteiger partial charge < -0.3 is 15.0 Å². The summed E-state index contributed by atoms with van der Waals surface area (Å²) in [5, 5.41) is 12.0. The summed E-state index contributed by atoms with van der Waals surface area (Å²) in [4.78, 5) is 13.7. The van der Waals surface area contributed by atoms with Crippen LogP contribution < -0.4 is 5.32 Å². The number of hydrogen-bond acceptors (Lipinski definition) is 4. The number of piperidine rings is 1. The highest BCUT2D eigenvalue weighted by atomic mass is 16.5. The first kappa shape index (κ1) is 12.9. The van der Waals surface area contributed by atoms with Gasteiger partial charge in [-0.3, -0.25) is 4.79 Å². The van der Waals surface area contributed by atoms with Gasteiger partial charge in [-0.25, -0.2) is 0 Å².